The molecule has 2 nitrogen and oxygen atoms in total. The normalized spacial score (nSPS) is 21.7. The Kier molecular flexibility index (Phi) is 2.87. The van der Waals surface area contributed by atoms with Crippen LogP contribution in [0, 0.1) is 13.8 Å². The monoisotopic (exact) mass is 203 g/mol. The van der Waals surface area contributed by atoms with Crippen molar-refractivity contribution in [2.45, 2.75) is 26.2 Å². The molecular formula is C13H17NO. The van der Waals surface area contributed by atoms with Crippen LogP contribution in [0.2, 0.25) is 0 Å². The summed E-state index contributed by atoms with van der Waals surface area (Å²) in [4.78, 5) is 11.8. The Balaban J connectivity index is 2.31. The predicted molar refractivity (Wildman–Crippen MR) is 61.2 cm³/mol. The molecule has 0 aliphatic carbocycles. The lowest BCUT2D eigenvalue weighted by atomic mass is 9.87. The lowest BCUT2D eigenvalue weighted by Crippen LogP contribution is -2.35. The third-order valence-electron chi connectivity index (χ3n) is 3.09. The smallest absolute Gasteiger partial charge is 0.142 e. The number of carbonyl (C=O) groups excluding carboxylic acids is 1. The van der Waals surface area contributed by atoms with E-state index >= 15 is 0 Å². The van der Waals surface area contributed by atoms with E-state index in [0.717, 1.165) is 13.1 Å². The number of hydrogen-bond acceptors (Lipinski definition) is 2. The van der Waals surface area contributed by atoms with Crippen molar-refractivity contribution >= 4 is 5.78 Å². The van der Waals surface area contributed by atoms with Gasteiger partial charge in [-0.15, -0.1) is 0 Å². The molecule has 0 bridgehead atoms. The molecule has 1 aliphatic heterocycles. The zero-order chi connectivity index (χ0) is 10.8. The molecule has 0 aromatic heterocycles. The second-order valence-corrected chi connectivity index (χ2v) is 4.33. The van der Waals surface area contributed by atoms with E-state index < -0.39 is 0 Å². The molecule has 0 amide bonds. The molecule has 1 aromatic carbocycles. The molecule has 0 spiro atoms. The maximum atomic E-state index is 11.8. The Labute approximate surface area is 90.7 Å². The topological polar surface area (TPSA) is 29.1 Å². The van der Waals surface area contributed by atoms with Gasteiger partial charge in [0.25, 0.3) is 0 Å². The first-order valence-corrected chi connectivity index (χ1v) is 5.49. The highest BCUT2D eigenvalue weighted by Gasteiger charge is 2.24. The van der Waals surface area contributed by atoms with Crippen LogP contribution in [0.4, 0.5) is 0 Å². The summed E-state index contributed by atoms with van der Waals surface area (Å²) < 4.78 is 0. The molecule has 0 radical (unpaired) electrons. The molecule has 80 valence electrons. The van der Waals surface area contributed by atoms with E-state index in [1.165, 1.54) is 16.7 Å². The van der Waals surface area contributed by atoms with Gasteiger partial charge in [0.05, 0.1) is 5.92 Å². The second kappa shape index (κ2) is 4.15. The Morgan fingerprint density at radius 3 is 2.80 bits per heavy atom. The van der Waals surface area contributed by atoms with Crippen molar-refractivity contribution < 1.29 is 4.79 Å². The number of rotatable bonds is 1. The summed E-state index contributed by atoms with van der Waals surface area (Å²) in [5, 5.41) is 3.28. The van der Waals surface area contributed by atoms with Crippen LogP contribution in [0.25, 0.3) is 0 Å². The van der Waals surface area contributed by atoms with Crippen LogP contribution >= 0.6 is 0 Å². The molecule has 2 heteroatoms. The van der Waals surface area contributed by atoms with Crippen molar-refractivity contribution in [3.63, 3.8) is 0 Å². The summed E-state index contributed by atoms with van der Waals surface area (Å²) in [7, 11) is 0. The quantitative estimate of drug-likeness (QED) is 0.756. The van der Waals surface area contributed by atoms with Gasteiger partial charge in [0.15, 0.2) is 0 Å². The van der Waals surface area contributed by atoms with E-state index in [1.54, 1.807) is 0 Å². The van der Waals surface area contributed by atoms with Crippen LogP contribution in [-0.4, -0.2) is 18.9 Å². The van der Waals surface area contributed by atoms with Crippen molar-refractivity contribution in [2.24, 2.45) is 0 Å². The van der Waals surface area contributed by atoms with Gasteiger partial charge in [0, 0.05) is 19.5 Å². The van der Waals surface area contributed by atoms with Crippen LogP contribution in [0.1, 0.15) is 29.0 Å². The van der Waals surface area contributed by atoms with Crippen LogP contribution in [0.5, 0.6) is 0 Å². The number of hydrogen-bond donors (Lipinski definition) is 1. The Bertz CT molecular complexity index is 384. The average Bonchev–Trinajstić information content (AvgIpc) is 2.20. The summed E-state index contributed by atoms with van der Waals surface area (Å²) >= 11 is 0. The van der Waals surface area contributed by atoms with Crippen LogP contribution in [-0.2, 0) is 4.79 Å². The first-order valence-electron chi connectivity index (χ1n) is 5.49. The highest BCUT2D eigenvalue weighted by atomic mass is 16.1. The zero-order valence-electron chi connectivity index (χ0n) is 9.34. The standard InChI is InChI=1S/C13H17NO/c1-9-3-4-11(10(2)7-9)12-8-14-6-5-13(12)15/h3-4,7,12,14H,5-6,8H2,1-2H3. The maximum Gasteiger partial charge on any atom is 0.142 e. The molecule has 1 heterocycles. The minimum absolute atomic E-state index is 0.0688. The van der Waals surface area contributed by atoms with Gasteiger partial charge in [-0.05, 0) is 25.0 Å². The number of Topliss-reactive ketones (excluding diaryl/α,β-unsaturated/α-hetero) is 1. The average molecular weight is 203 g/mol. The van der Waals surface area contributed by atoms with E-state index in [0.29, 0.717) is 12.2 Å². The van der Waals surface area contributed by atoms with Gasteiger partial charge in [0.2, 0.25) is 0 Å². The van der Waals surface area contributed by atoms with E-state index in [9.17, 15) is 4.79 Å². The number of piperidine rings is 1. The molecule has 2 rings (SSSR count). The van der Waals surface area contributed by atoms with Crippen molar-refractivity contribution in [3.05, 3.63) is 34.9 Å². The Morgan fingerprint density at radius 1 is 1.33 bits per heavy atom. The third-order valence-corrected chi connectivity index (χ3v) is 3.09. The maximum absolute atomic E-state index is 11.8. The van der Waals surface area contributed by atoms with Gasteiger partial charge >= 0.3 is 0 Å². The number of ketones is 1. The molecule has 1 unspecified atom stereocenters. The fourth-order valence-corrected chi connectivity index (χ4v) is 2.25. The lowest BCUT2D eigenvalue weighted by Gasteiger charge is -2.23. The fraction of sp³-hybridized carbons (Fsp3) is 0.462. The van der Waals surface area contributed by atoms with Crippen molar-refractivity contribution in [1.82, 2.24) is 5.32 Å². The SMILES string of the molecule is Cc1ccc(C2CNCCC2=O)c(C)c1. The van der Waals surface area contributed by atoms with Gasteiger partial charge in [-0.25, -0.2) is 0 Å². The first-order chi connectivity index (χ1) is 7.18. The molecule has 1 atom stereocenters. The molecule has 1 saturated heterocycles. The Morgan fingerprint density at radius 2 is 2.13 bits per heavy atom. The van der Waals surface area contributed by atoms with Crippen LogP contribution < -0.4 is 5.32 Å². The van der Waals surface area contributed by atoms with Gasteiger partial charge < -0.3 is 5.32 Å². The summed E-state index contributed by atoms with van der Waals surface area (Å²) in [6.45, 7) is 5.80. The molecule has 1 aromatic rings. The van der Waals surface area contributed by atoms with E-state index in [-0.39, 0.29) is 5.92 Å². The molecule has 15 heavy (non-hydrogen) atoms. The molecular weight excluding hydrogens is 186 g/mol. The summed E-state index contributed by atoms with van der Waals surface area (Å²) in [6, 6.07) is 6.33. The largest absolute Gasteiger partial charge is 0.315 e. The minimum atomic E-state index is 0.0688. The summed E-state index contributed by atoms with van der Waals surface area (Å²) in [5.41, 5.74) is 3.68. The third kappa shape index (κ3) is 2.10. The highest BCUT2D eigenvalue weighted by molar-refractivity contribution is 5.87. The van der Waals surface area contributed by atoms with Crippen molar-refractivity contribution in [1.29, 1.82) is 0 Å². The van der Waals surface area contributed by atoms with E-state index in [4.69, 9.17) is 0 Å². The molecule has 1 aliphatic rings. The van der Waals surface area contributed by atoms with Gasteiger partial charge in [-0.3, -0.25) is 4.79 Å². The molecule has 0 saturated carbocycles. The number of nitrogens with one attached hydrogen (secondary N) is 1. The predicted octanol–water partition coefficient (Wildman–Crippen LogP) is 1.95. The zero-order valence-corrected chi connectivity index (χ0v) is 9.34. The molecule has 1 N–H and O–H groups in total. The van der Waals surface area contributed by atoms with Gasteiger partial charge in [0.1, 0.15) is 5.78 Å². The van der Waals surface area contributed by atoms with Gasteiger partial charge in [-0.2, -0.15) is 0 Å². The van der Waals surface area contributed by atoms with Crippen molar-refractivity contribution in [2.75, 3.05) is 13.1 Å². The number of benzene rings is 1. The highest BCUT2D eigenvalue weighted by Crippen LogP contribution is 2.24. The van der Waals surface area contributed by atoms with Crippen LogP contribution in [0.3, 0.4) is 0 Å². The second-order valence-electron chi connectivity index (χ2n) is 4.33. The van der Waals surface area contributed by atoms with Crippen molar-refractivity contribution in [3.8, 4) is 0 Å². The molecule has 1 fully saturated rings. The number of aryl methyl sites for hydroxylation is 2. The lowest BCUT2D eigenvalue weighted by molar-refractivity contribution is -0.121. The fourth-order valence-electron chi connectivity index (χ4n) is 2.25. The summed E-state index contributed by atoms with van der Waals surface area (Å²) in [6.07, 6.45) is 0.665. The van der Waals surface area contributed by atoms with Crippen LogP contribution in [0.15, 0.2) is 18.2 Å². The Hall–Kier alpha value is -1.15. The minimum Gasteiger partial charge on any atom is -0.315 e. The first kappa shape index (κ1) is 10.4. The number of carbonyl (C=O) groups is 1. The van der Waals surface area contributed by atoms with E-state index in [2.05, 4.69) is 37.4 Å². The van der Waals surface area contributed by atoms with E-state index in [1.807, 2.05) is 0 Å². The van der Waals surface area contributed by atoms with Gasteiger partial charge in [-0.1, -0.05) is 23.8 Å². The summed E-state index contributed by atoms with van der Waals surface area (Å²) in [5.74, 6) is 0.444.